The second-order valence-corrected chi connectivity index (χ2v) is 4.69. The molecular formula is C16H6N4. The Hall–Kier alpha value is -3.34. The minimum Gasteiger partial charge on any atom is -0.192 e. The van der Waals surface area contributed by atoms with E-state index in [-0.39, 0.29) is 11.8 Å². The SMILES string of the molecule is N#CC1=CC2c3cc(C#N)c(C#N)cc3C2C=C1C#N. The Morgan fingerprint density at radius 2 is 1.05 bits per heavy atom. The van der Waals surface area contributed by atoms with Gasteiger partial charge in [0.25, 0.3) is 0 Å². The molecule has 1 aromatic rings. The van der Waals surface area contributed by atoms with E-state index in [1.165, 1.54) is 0 Å². The van der Waals surface area contributed by atoms with E-state index >= 15 is 0 Å². The van der Waals surface area contributed by atoms with Gasteiger partial charge in [-0.05, 0) is 23.3 Å². The fourth-order valence-electron chi connectivity index (χ4n) is 2.81. The van der Waals surface area contributed by atoms with Gasteiger partial charge in [-0.3, -0.25) is 0 Å². The number of rotatable bonds is 0. The smallest absolute Gasteiger partial charge is 0.101 e. The van der Waals surface area contributed by atoms with E-state index in [4.69, 9.17) is 21.0 Å². The highest BCUT2D eigenvalue weighted by Crippen LogP contribution is 2.52. The van der Waals surface area contributed by atoms with Crippen molar-refractivity contribution < 1.29 is 0 Å². The van der Waals surface area contributed by atoms with Crippen LogP contribution in [0.4, 0.5) is 0 Å². The second kappa shape index (κ2) is 4.10. The lowest BCUT2D eigenvalue weighted by Gasteiger charge is -2.39. The topological polar surface area (TPSA) is 95.2 Å². The molecule has 0 N–H and O–H groups in total. The largest absolute Gasteiger partial charge is 0.192 e. The molecule has 20 heavy (non-hydrogen) atoms. The van der Waals surface area contributed by atoms with E-state index in [2.05, 4.69) is 0 Å². The maximum Gasteiger partial charge on any atom is 0.101 e. The van der Waals surface area contributed by atoms with Gasteiger partial charge < -0.3 is 0 Å². The number of nitriles is 4. The van der Waals surface area contributed by atoms with Gasteiger partial charge in [0.15, 0.2) is 0 Å². The van der Waals surface area contributed by atoms with Crippen LogP contribution in [0.3, 0.4) is 0 Å². The highest BCUT2D eigenvalue weighted by molar-refractivity contribution is 5.65. The zero-order valence-electron chi connectivity index (χ0n) is 10.3. The lowest BCUT2D eigenvalue weighted by atomic mass is 9.63. The van der Waals surface area contributed by atoms with Gasteiger partial charge in [-0.15, -0.1) is 0 Å². The van der Waals surface area contributed by atoms with E-state index in [1.54, 1.807) is 24.3 Å². The Morgan fingerprint density at radius 1 is 0.650 bits per heavy atom. The molecule has 0 bridgehead atoms. The molecule has 0 aromatic heterocycles. The Labute approximate surface area is 115 Å². The molecule has 0 saturated heterocycles. The summed E-state index contributed by atoms with van der Waals surface area (Å²) in [6.07, 6.45) is 3.55. The van der Waals surface area contributed by atoms with Crippen LogP contribution in [-0.2, 0) is 0 Å². The second-order valence-electron chi connectivity index (χ2n) is 4.69. The zero-order valence-corrected chi connectivity index (χ0v) is 10.3. The molecule has 2 unspecified atom stereocenters. The minimum atomic E-state index is 0.0246. The highest BCUT2D eigenvalue weighted by atomic mass is 14.4. The molecule has 0 aliphatic heterocycles. The first-order valence-electron chi connectivity index (χ1n) is 5.95. The Kier molecular flexibility index (Phi) is 2.40. The van der Waals surface area contributed by atoms with Crippen molar-refractivity contribution in [2.45, 2.75) is 11.8 Å². The summed E-state index contributed by atoms with van der Waals surface area (Å²) >= 11 is 0. The van der Waals surface area contributed by atoms with E-state index in [1.807, 2.05) is 24.3 Å². The number of benzene rings is 1. The summed E-state index contributed by atoms with van der Waals surface area (Å²) in [6, 6.07) is 11.5. The predicted octanol–water partition coefficient (Wildman–Crippen LogP) is 2.52. The zero-order chi connectivity index (χ0) is 14.3. The van der Waals surface area contributed by atoms with Crippen LogP contribution < -0.4 is 0 Å². The maximum absolute atomic E-state index is 9.05. The normalized spacial score (nSPS) is 21.4. The van der Waals surface area contributed by atoms with Gasteiger partial charge in [0.2, 0.25) is 0 Å². The number of fused-ring (bicyclic) bond motifs is 4. The Bertz CT molecular complexity index is 787. The van der Waals surface area contributed by atoms with Crippen molar-refractivity contribution in [3.8, 4) is 24.3 Å². The molecule has 1 aromatic carbocycles. The van der Waals surface area contributed by atoms with Crippen molar-refractivity contribution in [1.29, 1.82) is 21.0 Å². The number of hydrogen-bond donors (Lipinski definition) is 0. The first kappa shape index (κ1) is 11.7. The molecule has 90 valence electrons. The van der Waals surface area contributed by atoms with Gasteiger partial charge in [0.05, 0.1) is 22.3 Å². The molecule has 0 spiro atoms. The maximum atomic E-state index is 9.05. The summed E-state index contributed by atoms with van der Waals surface area (Å²) in [5, 5.41) is 36.2. The number of nitrogens with zero attached hydrogens (tertiary/aromatic N) is 4. The summed E-state index contributed by atoms with van der Waals surface area (Å²) in [7, 11) is 0. The van der Waals surface area contributed by atoms with Crippen LogP contribution in [0.25, 0.3) is 0 Å². The number of hydrogen-bond acceptors (Lipinski definition) is 4. The first-order chi connectivity index (χ1) is 9.73. The van der Waals surface area contributed by atoms with Crippen LogP contribution in [0.2, 0.25) is 0 Å². The molecule has 2 aliphatic carbocycles. The fraction of sp³-hybridized carbons (Fsp3) is 0.125. The summed E-state index contributed by atoms with van der Waals surface area (Å²) in [5.41, 5.74) is 3.39. The average Bonchev–Trinajstić information content (AvgIpc) is 2.50. The van der Waals surface area contributed by atoms with Gasteiger partial charge in [-0.25, -0.2) is 0 Å². The van der Waals surface area contributed by atoms with Crippen LogP contribution in [0, 0.1) is 45.3 Å². The van der Waals surface area contributed by atoms with Crippen LogP contribution >= 0.6 is 0 Å². The first-order valence-corrected chi connectivity index (χ1v) is 5.95. The third kappa shape index (κ3) is 1.37. The molecule has 4 heteroatoms. The lowest BCUT2D eigenvalue weighted by Crippen LogP contribution is -2.25. The minimum absolute atomic E-state index is 0.0246. The fourth-order valence-corrected chi connectivity index (χ4v) is 2.81. The summed E-state index contributed by atoms with van der Waals surface area (Å²) in [6.45, 7) is 0. The highest BCUT2D eigenvalue weighted by Gasteiger charge is 2.39. The van der Waals surface area contributed by atoms with Crippen LogP contribution in [0.5, 0.6) is 0 Å². The van der Waals surface area contributed by atoms with Crippen molar-refractivity contribution in [2.75, 3.05) is 0 Å². The predicted molar refractivity (Wildman–Crippen MR) is 68.7 cm³/mol. The van der Waals surface area contributed by atoms with Crippen molar-refractivity contribution in [2.24, 2.45) is 0 Å². The lowest BCUT2D eigenvalue weighted by molar-refractivity contribution is 0.630. The molecule has 3 rings (SSSR count). The van der Waals surface area contributed by atoms with Crippen molar-refractivity contribution in [1.82, 2.24) is 0 Å². The molecule has 2 atom stereocenters. The quantitative estimate of drug-likeness (QED) is 0.710. The van der Waals surface area contributed by atoms with Crippen LogP contribution in [0.15, 0.2) is 35.4 Å². The molecule has 0 radical (unpaired) electrons. The van der Waals surface area contributed by atoms with E-state index in [0.29, 0.717) is 22.3 Å². The Morgan fingerprint density at radius 3 is 1.35 bits per heavy atom. The summed E-state index contributed by atoms with van der Waals surface area (Å²) < 4.78 is 0. The van der Waals surface area contributed by atoms with Gasteiger partial charge in [-0.2, -0.15) is 21.0 Å². The molecule has 2 aliphatic rings. The third-order valence-electron chi connectivity index (χ3n) is 3.79. The molecule has 0 saturated carbocycles. The van der Waals surface area contributed by atoms with Gasteiger partial charge in [0.1, 0.15) is 24.3 Å². The van der Waals surface area contributed by atoms with Crippen molar-refractivity contribution in [3.63, 3.8) is 0 Å². The van der Waals surface area contributed by atoms with E-state index in [0.717, 1.165) is 11.1 Å². The molecule has 0 amide bonds. The molecule has 0 fully saturated rings. The average molecular weight is 254 g/mol. The monoisotopic (exact) mass is 254 g/mol. The van der Waals surface area contributed by atoms with Gasteiger partial charge in [-0.1, -0.05) is 12.2 Å². The summed E-state index contributed by atoms with van der Waals surface area (Å²) in [4.78, 5) is 0. The third-order valence-corrected chi connectivity index (χ3v) is 3.79. The molecule has 0 heterocycles. The molecule has 4 nitrogen and oxygen atoms in total. The van der Waals surface area contributed by atoms with Crippen LogP contribution in [-0.4, -0.2) is 0 Å². The summed E-state index contributed by atoms with van der Waals surface area (Å²) in [5.74, 6) is 0.0492. The molecular weight excluding hydrogens is 248 g/mol. The number of allylic oxidation sites excluding steroid dienone is 4. The van der Waals surface area contributed by atoms with Crippen molar-refractivity contribution >= 4 is 0 Å². The van der Waals surface area contributed by atoms with Crippen molar-refractivity contribution in [3.05, 3.63) is 57.7 Å². The van der Waals surface area contributed by atoms with E-state index in [9.17, 15) is 0 Å². The van der Waals surface area contributed by atoms with E-state index < -0.39 is 0 Å². The standard InChI is InChI=1S/C16H6N4/c17-5-9-1-13-14(2-10(9)6-18)16-4-12(8-20)11(7-19)3-15(13)16/h1-4,13-14H. The Balaban J connectivity index is 2.17. The van der Waals surface area contributed by atoms with Crippen LogP contribution in [0.1, 0.15) is 34.1 Å². The van der Waals surface area contributed by atoms with Gasteiger partial charge in [0, 0.05) is 11.8 Å². The van der Waals surface area contributed by atoms with Gasteiger partial charge >= 0.3 is 0 Å².